The molecule has 0 aliphatic rings. The largest absolute Gasteiger partial charge is 0.494 e. The van der Waals surface area contributed by atoms with Gasteiger partial charge in [-0.25, -0.2) is 4.79 Å². The van der Waals surface area contributed by atoms with E-state index in [9.17, 15) is 9.59 Å². The average Bonchev–Trinajstić information content (AvgIpc) is 2.85. The lowest BCUT2D eigenvalue weighted by Crippen LogP contribution is -2.33. The molecule has 0 aromatic heterocycles. The maximum Gasteiger partial charge on any atom is 0.319 e. The van der Waals surface area contributed by atoms with Crippen molar-refractivity contribution in [2.75, 3.05) is 43.6 Å². The number of rotatable bonds is 11. The zero-order chi connectivity index (χ0) is 25.9. The Hall–Kier alpha value is -4.04. The van der Waals surface area contributed by atoms with Gasteiger partial charge in [0.05, 0.1) is 24.0 Å². The average molecular weight is 490 g/mol. The van der Waals surface area contributed by atoms with Crippen molar-refractivity contribution < 1.29 is 14.3 Å². The topological polar surface area (TPSA) is 109 Å². The van der Waals surface area contributed by atoms with Gasteiger partial charge in [0, 0.05) is 17.3 Å². The molecule has 0 saturated carbocycles. The van der Waals surface area contributed by atoms with E-state index in [1.165, 1.54) is 0 Å². The van der Waals surface area contributed by atoms with E-state index in [0.29, 0.717) is 35.0 Å². The number of carbonyl (C=O) groups excluding carboxylic acids is 2. The maximum atomic E-state index is 12.8. The van der Waals surface area contributed by atoms with Gasteiger partial charge in [-0.15, -0.1) is 0 Å². The number of nitrogens with zero attached hydrogens (tertiary/aromatic N) is 1. The van der Waals surface area contributed by atoms with E-state index >= 15 is 0 Å². The number of hydrogen-bond acceptors (Lipinski definition) is 5. The number of benzene rings is 3. The van der Waals surface area contributed by atoms with Gasteiger partial charge in [-0.05, 0) is 82.4 Å². The van der Waals surface area contributed by atoms with Crippen LogP contribution in [0.2, 0.25) is 0 Å². The van der Waals surface area contributed by atoms with E-state index < -0.39 is 0 Å². The third kappa shape index (κ3) is 8.02. The molecule has 5 N–H and O–H groups in total. The fraction of sp³-hybridized carbons (Fsp3) is 0.286. The summed E-state index contributed by atoms with van der Waals surface area (Å²) in [5, 5.41) is 8.80. The first kappa shape index (κ1) is 26.6. The van der Waals surface area contributed by atoms with E-state index in [1.54, 1.807) is 30.3 Å². The van der Waals surface area contributed by atoms with Gasteiger partial charge in [-0.2, -0.15) is 0 Å². The highest BCUT2D eigenvalue weighted by Crippen LogP contribution is 2.22. The normalized spacial score (nSPS) is 11.6. The molecule has 0 radical (unpaired) electrons. The zero-order valence-electron chi connectivity index (χ0n) is 21.1. The fourth-order valence-corrected chi connectivity index (χ4v) is 3.76. The minimum absolute atomic E-state index is 0.220. The van der Waals surface area contributed by atoms with Crippen LogP contribution in [0.3, 0.4) is 0 Å². The van der Waals surface area contributed by atoms with Crippen LogP contribution < -0.4 is 26.4 Å². The van der Waals surface area contributed by atoms with Crippen LogP contribution in [0, 0.1) is 0 Å². The van der Waals surface area contributed by atoms with E-state index in [4.69, 9.17) is 10.5 Å². The number of amides is 3. The Kier molecular flexibility index (Phi) is 9.71. The summed E-state index contributed by atoms with van der Waals surface area (Å²) in [6.45, 7) is 3.36. The Balaban J connectivity index is 1.69. The number of ether oxygens (including phenoxy) is 1. The molecule has 36 heavy (non-hydrogen) atoms. The summed E-state index contributed by atoms with van der Waals surface area (Å²) < 4.78 is 5.51. The summed E-state index contributed by atoms with van der Waals surface area (Å²) >= 11 is 0. The standard InChI is InChI=1S/C28H35N5O3/c1-4-36-23-10-7-9-22(19-23)30-28(35)32-25(13-8-18-33(2)3)20-14-16-21(17-15-20)27(34)31-26-12-6-5-11-24(26)29/h5-7,9-12,14-17,19,25H,4,8,13,18,29H2,1-3H3,(H,31,34)(H2,30,32,35). The van der Waals surface area contributed by atoms with Crippen LogP contribution >= 0.6 is 0 Å². The SMILES string of the molecule is CCOc1cccc(NC(=O)NC(CCCN(C)C)c2ccc(C(=O)Nc3ccccc3N)cc2)c1. The zero-order valence-corrected chi connectivity index (χ0v) is 21.1. The minimum atomic E-state index is -0.306. The van der Waals surface area contributed by atoms with Crippen molar-refractivity contribution >= 4 is 29.0 Å². The van der Waals surface area contributed by atoms with Crippen molar-refractivity contribution in [2.24, 2.45) is 0 Å². The van der Waals surface area contributed by atoms with Gasteiger partial charge in [0.25, 0.3) is 5.91 Å². The molecule has 3 rings (SSSR count). The highest BCUT2D eigenvalue weighted by molar-refractivity contribution is 6.05. The molecule has 8 heteroatoms. The van der Waals surface area contributed by atoms with Crippen molar-refractivity contribution in [1.82, 2.24) is 10.2 Å². The summed E-state index contributed by atoms with van der Waals surface area (Å²) in [5.74, 6) is 0.451. The molecule has 0 aliphatic carbocycles. The number of anilines is 3. The Labute approximate surface area is 212 Å². The molecule has 0 aliphatic heterocycles. The lowest BCUT2D eigenvalue weighted by atomic mass is 10.00. The van der Waals surface area contributed by atoms with Gasteiger partial charge < -0.3 is 31.3 Å². The lowest BCUT2D eigenvalue weighted by Gasteiger charge is -2.21. The van der Waals surface area contributed by atoms with Crippen LogP contribution in [0.15, 0.2) is 72.8 Å². The van der Waals surface area contributed by atoms with Crippen LogP contribution in [0.5, 0.6) is 5.75 Å². The molecule has 0 heterocycles. The molecular weight excluding hydrogens is 454 g/mol. The number of nitrogens with two attached hydrogens (primary N) is 1. The summed E-state index contributed by atoms with van der Waals surface area (Å²) in [7, 11) is 4.04. The quantitative estimate of drug-likeness (QED) is 0.280. The second-order valence-electron chi connectivity index (χ2n) is 8.72. The van der Waals surface area contributed by atoms with Crippen LogP contribution in [-0.2, 0) is 0 Å². The lowest BCUT2D eigenvalue weighted by molar-refractivity contribution is 0.102. The van der Waals surface area contributed by atoms with Gasteiger partial charge in [0.1, 0.15) is 5.75 Å². The predicted molar refractivity (Wildman–Crippen MR) is 146 cm³/mol. The summed E-state index contributed by atoms with van der Waals surface area (Å²) in [6, 6.07) is 21.2. The van der Waals surface area contributed by atoms with Gasteiger partial charge >= 0.3 is 6.03 Å². The van der Waals surface area contributed by atoms with Crippen LogP contribution in [0.1, 0.15) is 41.7 Å². The van der Waals surface area contributed by atoms with Crippen molar-refractivity contribution in [3.8, 4) is 5.75 Å². The highest BCUT2D eigenvalue weighted by Gasteiger charge is 2.16. The summed E-state index contributed by atoms with van der Waals surface area (Å²) in [5.41, 5.74) is 9.08. The number of para-hydroxylation sites is 2. The van der Waals surface area contributed by atoms with Gasteiger partial charge in [-0.1, -0.05) is 30.3 Å². The Bertz CT molecular complexity index is 1150. The number of hydrogen-bond donors (Lipinski definition) is 4. The summed E-state index contributed by atoms with van der Waals surface area (Å²) in [6.07, 6.45) is 1.64. The van der Waals surface area contributed by atoms with Gasteiger partial charge in [0.15, 0.2) is 0 Å². The molecule has 190 valence electrons. The van der Waals surface area contributed by atoms with Crippen molar-refractivity contribution in [3.05, 3.63) is 83.9 Å². The third-order valence-corrected chi connectivity index (χ3v) is 5.59. The second-order valence-corrected chi connectivity index (χ2v) is 8.72. The minimum Gasteiger partial charge on any atom is -0.494 e. The molecule has 8 nitrogen and oxygen atoms in total. The first-order valence-electron chi connectivity index (χ1n) is 12.1. The van der Waals surface area contributed by atoms with Crippen molar-refractivity contribution in [3.63, 3.8) is 0 Å². The smallest absolute Gasteiger partial charge is 0.319 e. The van der Waals surface area contributed by atoms with E-state index in [0.717, 1.165) is 24.9 Å². The van der Waals surface area contributed by atoms with Crippen LogP contribution in [0.4, 0.5) is 21.9 Å². The molecule has 0 spiro atoms. The molecule has 1 unspecified atom stereocenters. The van der Waals surface area contributed by atoms with Crippen molar-refractivity contribution in [1.29, 1.82) is 0 Å². The molecule has 0 fully saturated rings. The molecule has 1 atom stereocenters. The number of urea groups is 1. The highest BCUT2D eigenvalue weighted by atomic mass is 16.5. The Morgan fingerprint density at radius 2 is 1.72 bits per heavy atom. The monoisotopic (exact) mass is 489 g/mol. The van der Waals surface area contributed by atoms with E-state index in [-0.39, 0.29) is 18.0 Å². The van der Waals surface area contributed by atoms with Crippen LogP contribution in [0.25, 0.3) is 0 Å². The van der Waals surface area contributed by atoms with Crippen LogP contribution in [-0.4, -0.2) is 44.1 Å². The van der Waals surface area contributed by atoms with Crippen molar-refractivity contribution in [2.45, 2.75) is 25.8 Å². The molecular formula is C28H35N5O3. The molecule has 3 aromatic carbocycles. The first-order chi connectivity index (χ1) is 17.4. The Morgan fingerprint density at radius 1 is 0.972 bits per heavy atom. The molecule has 3 amide bonds. The fourth-order valence-electron chi connectivity index (χ4n) is 3.76. The summed E-state index contributed by atoms with van der Waals surface area (Å²) in [4.78, 5) is 27.6. The van der Waals surface area contributed by atoms with E-state index in [2.05, 4.69) is 20.9 Å². The first-order valence-corrected chi connectivity index (χ1v) is 12.1. The van der Waals surface area contributed by atoms with Gasteiger partial charge in [0.2, 0.25) is 0 Å². The van der Waals surface area contributed by atoms with Gasteiger partial charge in [-0.3, -0.25) is 4.79 Å². The predicted octanol–water partition coefficient (Wildman–Crippen LogP) is 5.12. The maximum absolute atomic E-state index is 12.8. The molecule has 0 saturated heterocycles. The Morgan fingerprint density at radius 3 is 2.42 bits per heavy atom. The number of nitrogen functional groups attached to an aromatic ring is 1. The van der Waals surface area contributed by atoms with E-state index in [1.807, 2.05) is 63.5 Å². The number of nitrogens with one attached hydrogen (secondary N) is 3. The molecule has 3 aromatic rings. The molecule has 0 bridgehead atoms. The number of carbonyl (C=O) groups is 2. The second kappa shape index (κ2) is 13.2. The third-order valence-electron chi connectivity index (χ3n) is 5.59.